The fraction of sp³-hybridized carbons (Fsp3) is 0.207. The molecule has 1 N–H and O–H groups in total. The number of nitrogens with zero attached hydrogens (tertiary/aromatic N) is 1. The molecule has 1 aliphatic heterocycles. The van der Waals surface area contributed by atoms with Crippen LogP contribution in [-0.4, -0.2) is 43.1 Å². The third-order valence-corrected chi connectivity index (χ3v) is 6.29. The van der Waals surface area contributed by atoms with Crippen LogP contribution in [0.2, 0.25) is 5.02 Å². The van der Waals surface area contributed by atoms with Crippen LogP contribution in [0.5, 0.6) is 11.5 Å². The van der Waals surface area contributed by atoms with Gasteiger partial charge in [0.05, 0.1) is 48.1 Å². The maximum absolute atomic E-state index is 13.5. The minimum Gasteiger partial charge on any atom is -0.507 e. The first-order chi connectivity index (χ1) is 18.2. The Balaban J connectivity index is 1.93. The van der Waals surface area contributed by atoms with Crippen LogP contribution in [0.1, 0.15) is 41.4 Å². The maximum atomic E-state index is 13.5. The number of anilines is 1. The molecular weight excluding hydrogens is 510 g/mol. The van der Waals surface area contributed by atoms with E-state index in [4.69, 9.17) is 25.8 Å². The van der Waals surface area contributed by atoms with Gasteiger partial charge in [0.1, 0.15) is 17.3 Å². The predicted octanol–water partition coefficient (Wildman–Crippen LogP) is 5.55. The van der Waals surface area contributed by atoms with Crippen LogP contribution in [0, 0.1) is 0 Å². The molecule has 3 aromatic rings. The second kappa shape index (κ2) is 11.0. The summed E-state index contributed by atoms with van der Waals surface area (Å²) in [4.78, 5) is 40.7. The van der Waals surface area contributed by atoms with E-state index >= 15 is 0 Å². The predicted molar refractivity (Wildman–Crippen MR) is 143 cm³/mol. The molecule has 0 spiro atoms. The number of amides is 1. The van der Waals surface area contributed by atoms with Crippen LogP contribution in [0.25, 0.3) is 5.76 Å². The van der Waals surface area contributed by atoms with Gasteiger partial charge in [-0.3, -0.25) is 14.5 Å². The number of esters is 1. The largest absolute Gasteiger partial charge is 0.507 e. The van der Waals surface area contributed by atoms with Crippen molar-refractivity contribution in [2.24, 2.45) is 0 Å². The summed E-state index contributed by atoms with van der Waals surface area (Å²) in [6.07, 6.45) is -0.337. The van der Waals surface area contributed by atoms with E-state index in [1.165, 1.54) is 37.3 Å². The van der Waals surface area contributed by atoms with Gasteiger partial charge in [-0.1, -0.05) is 48.0 Å². The van der Waals surface area contributed by atoms with Crippen LogP contribution >= 0.6 is 11.6 Å². The van der Waals surface area contributed by atoms with Crippen molar-refractivity contribution in [2.75, 3.05) is 19.1 Å². The molecular formula is C29H26ClNO7. The number of carbonyl (C=O) groups excluding carboxylic acids is 3. The fourth-order valence-corrected chi connectivity index (χ4v) is 4.55. The molecule has 0 radical (unpaired) electrons. The fourth-order valence-electron chi connectivity index (χ4n) is 4.30. The zero-order valence-corrected chi connectivity index (χ0v) is 22.0. The quantitative estimate of drug-likeness (QED) is 0.183. The molecule has 38 heavy (non-hydrogen) atoms. The monoisotopic (exact) mass is 535 g/mol. The molecule has 1 amide bonds. The van der Waals surface area contributed by atoms with E-state index in [0.29, 0.717) is 11.3 Å². The third kappa shape index (κ3) is 4.95. The lowest BCUT2D eigenvalue weighted by atomic mass is 9.94. The minimum atomic E-state index is -1.00. The molecule has 1 atom stereocenters. The molecule has 0 bridgehead atoms. The number of halogens is 1. The molecule has 3 aromatic carbocycles. The lowest BCUT2D eigenvalue weighted by molar-refractivity contribution is -0.132. The number of carbonyl (C=O) groups is 3. The molecule has 196 valence electrons. The van der Waals surface area contributed by atoms with Gasteiger partial charge in [0.15, 0.2) is 0 Å². The van der Waals surface area contributed by atoms with E-state index in [2.05, 4.69) is 0 Å². The Bertz CT molecular complexity index is 1430. The van der Waals surface area contributed by atoms with Gasteiger partial charge in [-0.15, -0.1) is 0 Å². The number of benzene rings is 3. The minimum absolute atomic E-state index is 0.117. The van der Waals surface area contributed by atoms with E-state index in [1.54, 1.807) is 62.4 Å². The lowest BCUT2D eigenvalue weighted by Gasteiger charge is -2.26. The number of hydrogen-bond acceptors (Lipinski definition) is 7. The summed E-state index contributed by atoms with van der Waals surface area (Å²) in [7, 11) is 2.83. The van der Waals surface area contributed by atoms with Crippen LogP contribution in [0.3, 0.4) is 0 Å². The highest BCUT2D eigenvalue weighted by molar-refractivity contribution is 6.51. The smallest absolute Gasteiger partial charge is 0.338 e. The average molecular weight is 536 g/mol. The number of aliphatic hydroxyl groups excluding tert-OH is 1. The van der Waals surface area contributed by atoms with Crippen LogP contribution in [0.4, 0.5) is 5.69 Å². The summed E-state index contributed by atoms with van der Waals surface area (Å²) in [6.45, 7) is 3.46. The zero-order chi connectivity index (χ0) is 27.6. The summed E-state index contributed by atoms with van der Waals surface area (Å²) in [5.74, 6) is -2.29. The van der Waals surface area contributed by atoms with Crippen molar-refractivity contribution in [3.05, 3.63) is 94.0 Å². The Morgan fingerprint density at radius 1 is 0.947 bits per heavy atom. The third-order valence-electron chi connectivity index (χ3n) is 5.99. The van der Waals surface area contributed by atoms with Crippen molar-refractivity contribution in [1.82, 2.24) is 0 Å². The molecule has 1 heterocycles. The SMILES string of the molecule is COc1cc(OC)c(/C(O)=C2\C(=O)C(=O)N(c3cccc(C(=O)OC(C)C)c3)C2c2ccccc2)cc1Cl. The van der Waals surface area contributed by atoms with Gasteiger partial charge in [-0.2, -0.15) is 0 Å². The lowest BCUT2D eigenvalue weighted by Crippen LogP contribution is -2.29. The number of rotatable bonds is 7. The summed E-state index contributed by atoms with van der Waals surface area (Å²) in [6, 6.07) is 16.9. The highest BCUT2D eigenvalue weighted by Crippen LogP contribution is 2.44. The van der Waals surface area contributed by atoms with Crippen molar-refractivity contribution in [3.8, 4) is 11.5 Å². The molecule has 1 unspecified atom stereocenters. The number of ketones is 1. The van der Waals surface area contributed by atoms with E-state index in [9.17, 15) is 19.5 Å². The Hall–Kier alpha value is -4.30. The number of Topliss-reactive ketones (excluding diaryl/α,β-unsaturated/α-hetero) is 1. The summed E-state index contributed by atoms with van der Waals surface area (Å²) < 4.78 is 15.9. The molecule has 0 aromatic heterocycles. The Morgan fingerprint density at radius 2 is 1.63 bits per heavy atom. The molecule has 1 fully saturated rings. The highest BCUT2D eigenvalue weighted by Gasteiger charge is 2.47. The van der Waals surface area contributed by atoms with E-state index in [1.807, 2.05) is 0 Å². The topological polar surface area (TPSA) is 102 Å². The molecule has 1 saturated heterocycles. The number of hydrogen-bond donors (Lipinski definition) is 1. The molecule has 8 nitrogen and oxygen atoms in total. The summed E-state index contributed by atoms with van der Waals surface area (Å²) in [5.41, 5.74) is 1.04. The molecule has 9 heteroatoms. The number of ether oxygens (including phenoxy) is 3. The van der Waals surface area contributed by atoms with Crippen molar-refractivity contribution in [1.29, 1.82) is 0 Å². The Labute approximate surface area is 225 Å². The first-order valence-corrected chi connectivity index (χ1v) is 12.1. The maximum Gasteiger partial charge on any atom is 0.338 e. The van der Waals surface area contributed by atoms with Gasteiger partial charge < -0.3 is 19.3 Å². The molecule has 1 aliphatic rings. The van der Waals surface area contributed by atoms with Crippen molar-refractivity contribution < 1.29 is 33.7 Å². The average Bonchev–Trinajstić information content (AvgIpc) is 3.18. The van der Waals surface area contributed by atoms with Crippen LogP contribution in [0.15, 0.2) is 72.3 Å². The number of aliphatic hydroxyl groups is 1. The van der Waals surface area contributed by atoms with Gasteiger partial charge in [0.2, 0.25) is 0 Å². The Kier molecular flexibility index (Phi) is 7.73. The highest BCUT2D eigenvalue weighted by atomic mass is 35.5. The molecule has 4 rings (SSSR count). The molecule has 0 saturated carbocycles. The van der Waals surface area contributed by atoms with E-state index in [-0.39, 0.29) is 39.3 Å². The standard InChI is InChI=1S/C29H26ClNO7/c1-16(2)38-29(35)18-11-8-12-19(13-18)31-25(17-9-6-5-7-10-17)24(27(33)28(31)34)26(32)20-14-21(30)23(37-4)15-22(20)36-3/h5-16,25,32H,1-4H3/b26-24+. The van der Waals surface area contributed by atoms with Crippen molar-refractivity contribution >= 4 is 40.7 Å². The van der Waals surface area contributed by atoms with Gasteiger partial charge in [-0.05, 0) is 43.7 Å². The van der Waals surface area contributed by atoms with Crippen molar-refractivity contribution in [2.45, 2.75) is 26.0 Å². The second-order valence-corrected chi connectivity index (χ2v) is 9.18. The van der Waals surface area contributed by atoms with Crippen LogP contribution < -0.4 is 14.4 Å². The van der Waals surface area contributed by atoms with Gasteiger partial charge in [-0.25, -0.2) is 4.79 Å². The van der Waals surface area contributed by atoms with Crippen molar-refractivity contribution in [3.63, 3.8) is 0 Å². The summed E-state index contributed by atoms with van der Waals surface area (Å²) >= 11 is 6.31. The van der Waals surface area contributed by atoms with E-state index < -0.39 is 29.5 Å². The Morgan fingerprint density at radius 3 is 2.26 bits per heavy atom. The second-order valence-electron chi connectivity index (χ2n) is 8.77. The first kappa shape index (κ1) is 26.8. The van der Waals surface area contributed by atoms with Crippen LogP contribution in [-0.2, 0) is 14.3 Å². The number of methoxy groups -OCH3 is 2. The zero-order valence-electron chi connectivity index (χ0n) is 21.2. The first-order valence-electron chi connectivity index (χ1n) is 11.8. The summed E-state index contributed by atoms with van der Waals surface area (Å²) in [5, 5.41) is 11.7. The normalized spacial score (nSPS) is 16.6. The molecule has 0 aliphatic carbocycles. The van der Waals surface area contributed by atoms with Gasteiger partial charge in [0.25, 0.3) is 11.7 Å². The van der Waals surface area contributed by atoms with Gasteiger partial charge in [0, 0.05) is 11.8 Å². The van der Waals surface area contributed by atoms with Gasteiger partial charge >= 0.3 is 5.97 Å². The van der Waals surface area contributed by atoms with E-state index in [0.717, 1.165) is 0 Å².